The molecule has 0 aliphatic rings. The molecule has 6 nitrogen and oxygen atoms in total. The molecule has 0 saturated heterocycles. The Morgan fingerprint density at radius 1 is 0.903 bits per heavy atom. The highest BCUT2D eigenvalue weighted by molar-refractivity contribution is 6.00. The van der Waals surface area contributed by atoms with Gasteiger partial charge in [0.1, 0.15) is 11.4 Å². The van der Waals surface area contributed by atoms with Crippen LogP contribution in [0.1, 0.15) is 32.0 Å². The maximum Gasteiger partial charge on any atom is 0.352 e. The van der Waals surface area contributed by atoms with E-state index in [1.165, 1.54) is 12.1 Å². The van der Waals surface area contributed by atoms with Gasteiger partial charge in [-0.25, -0.2) is 9.59 Å². The molecule has 3 aromatic carbocycles. The van der Waals surface area contributed by atoms with Gasteiger partial charge >= 0.3 is 11.9 Å². The molecule has 0 fully saturated rings. The zero-order valence-electron chi connectivity index (χ0n) is 16.5. The number of methoxy groups -OCH3 is 1. The van der Waals surface area contributed by atoms with E-state index in [1.807, 2.05) is 12.1 Å². The van der Waals surface area contributed by atoms with E-state index in [2.05, 4.69) is 16.8 Å². The summed E-state index contributed by atoms with van der Waals surface area (Å²) in [7, 11) is 1.59. The number of rotatable bonds is 4. The second kappa shape index (κ2) is 8.09. The Morgan fingerprint density at radius 2 is 1.68 bits per heavy atom. The molecular formula is C25H17NO5. The van der Waals surface area contributed by atoms with Crippen molar-refractivity contribution in [1.29, 1.82) is 0 Å². The zero-order chi connectivity index (χ0) is 22.0. The molecule has 4 rings (SSSR count). The molecule has 0 radical (unpaired) electrons. The number of aromatic nitrogens is 1. The topological polar surface area (TPSA) is 99.6 Å². The Hall–Kier alpha value is -4.50. The van der Waals surface area contributed by atoms with Crippen molar-refractivity contribution >= 4 is 22.8 Å². The molecule has 0 saturated carbocycles. The van der Waals surface area contributed by atoms with Gasteiger partial charge in [-0.1, -0.05) is 24.0 Å². The predicted octanol–water partition coefficient (Wildman–Crippen LogP) is 4.64. The Labute approximate surface area is 177 Å². The van der Waals surface area contributed by atoms with E-state index >= 15 is 0 Å². The first-order chi connectivity index (χ1) is 15.0. The van der Waals surface area contributed by atoms with Crippen LogP contribution in [0.3, 0.4) is 0 Å². The fourth-order valence-corrected chi connectivity index (χ4v) is 3.36. The monoisotopic (exact) mass is 411 g/mol. The van der Waals surface area contributed by atoms with E-state index in [0.717, 1.165) is 11.3 Å². The summed E-state index contributed by atoms with van der Waals surface area (Å²) >= 11 is 0. The average molecular weight is 411 g/mol. The van der Waals surface area contributed by atoms with Crippen LogP contribution < -0.4 is 4.74 Å². The van der Waals surface area contributed by atoms with E-state index in [1.54, 1.807) is 49.6 Å². The van der Waals surface area contributed by atoms with E-state index < -0.39 is 11.9 Å². The quantitative estimate of drug-likeness (QED) is 0.425. The summed E-state index contributed by atoms with van der Waals surface area (Å²) in [6.07, 6.45) is 0. The molecule has 1 heterocycles. The van der Waals surface area contributed by atoms with E-state index in [4.69, 9.17) is 4.74 Å². The van der Waals surface area contributed by atoms with Crippen LogP contribution in [-0.2, 0) is 0 Å². The third kappa shape index (κ3) is 3.98. The average Bonchev–Trinajstić information content (AvgIpc) is 3.21. The highest BCUT2D eigenvalue weighted by atomic mass is 16.5. The van der Waals surface area contributed by atoms with Crippen LogP contribution in [0.25, 0.3) is 22.0 Å². The number of aromatic carboxylic acids is 2. The van der Waals surface area contributed by atoms with Crippen molar-refractivity contribution in [3.63, 3.8) is 0 Å². The van der Waals surface area contributed by atoms with Gasteiger partial charge in [0.25, 0.3) is 0 Å². The summed E-state index contributed by atoms with van der Waals surface area (Å²) in [5, 5.41) is 19.6. The molecule has 0 atom stereocenters. The second-order valence-electron chi connectivity index (χ2n) is 6.80. The SMILES string of the molecule is COc1ccc(C#Cc2cccc(C(=O)O)c2-c2ccc3[nH]c(C(=O)O)cc3c2)cc1. The number of carbonyl (C=O) groups is 2. The molecule has 31 heavy (non-hydrogen) atoms. The van der Waals surface area contributed by atoms with Crippen LogP contribution in [0, 0.1) is 11.8 Å². The second-order valence-corrected chi connectivity index (χ2v) is 6.80. The van der Waals surface area contributed by atoms with Crippen molar-refractivity contribution in [2.75, 3.05) is 7.11 Å². The van der Waals surface area contributed by atoms with Crippen LogP contribution in [0.15, 0.2) is 66.7 Å². The van der Waals surface area contributed by atoms with Gasteiger partial charge in [-0.3, -0.25) is 0 Å². The standard InChI is InChI=1S/C25H17NO5/c1-31-19-10-6-15(7-11-19)5-8-16-3-2-4-20(24(27)28)23(16)17-9-12-21-18(13-17)14-22(26-21)25(29)30/h2-4,6-7,9-14,26H,1H3,(H,27,28)(H,29,30). The van der Waals surface area contributed by atoms with Gasteiger partial charge < -0.3 is 19.9 Å². The summed E-state index contributed by atoms with van der Waals surface area (Å²) in [6.45, 7) is 0. The summed E-state index contributed by atoms with van der Waals surface area (Å²) in [5.41, 5.74) is 3.29. The lowest BCUT2D eigenvalue weighted by Gasteiger charge is -2.10. The van der Waals surface area contributed by atoms with Crippen molar-refractivity contribution < 1.29 is 24.5 Å². The third-order valence-electron chi connectivity index (χ3n) is 4.87. The maximum atomic E-state index is 11.9. The summed E-state index contributed by atoms with van der Waals surface area (Å²) in [4.78, 5) is 26.0. The van der Waals surface area contributed by atoms with Crippen molar-refractivity contribution in [3.8, 4) is 28.7 Å². The summed E-state index contributed by atoms with van der Waals surface area (Å²) in [5.74, 6) is 4.73. The van der Waals surface area contributed by atoms with Crippen LogP contribution >= 0.6 is 0 Å². The predicted molar refractivity (Wildman–Crippen MR) is 117 cm³/mol. The highest BCUT2D eigenvalue weighted by Crippen LogP contribution is 2.31. The summed E-state index contributed by atoms with van der Waals surface area (Å²) < 4.78 is 5.15. The smallest absolute Gasteiger partial charge is 0.352 e. The van der Waals surface area contributed by atoms with E-state index in [9.17, 15) is 19.8 Å². The van der Waals surface area contributed by atoms with Crippen LogP contribution in [-0.4, -0.2) is 34.2 Å². The number of ether oxygens (including phenoxy) is 1. The molecule has 0 spiro atoms. The van der Waals surface area contributed by atoms with E-state index in [-0.39, 0.29) is 11.3 Å². The molecule has 0 aliphatic heterocycles. The number of carboxylic acid groups (broad SMARTS) is 2. The molecule has 0 bridgehead atoms. The number of aromatic amines is 1. The van der Waals surface area contributed by atoms with Gasteiger partial charge in [-0.2, -0.15) is 0 Å². The number of H-pyrrole nitrogens is 1. The van der Waals surface area contributed by atoms with Gasteiger partial charge in [0.15, 0.2) is 0 Å². The van der Waals surface area contributed by atoms with Crippen LogP contribution in [0.5, 0.6) is 5.75 Å². The van der Waals surface area contributed by atoms with Crippen LogP contribution in [0.2, 0.25) is 0 Å². The summed E-state index contributed by atoms with van der Waals surface area (Å²) in [6, 6.07) is 19.0. The first-order valence-corrected chi connectivity index (χ1v) is 9.35. The largest absolute Gasteiger partial charge is 0.497 e. The minimum atomic E-state index is -1.07. The molecule has 6 heteroatoms. The number of hydrogen-bond acceptors (Lipinski definition) is 3. The number of carboxylic acids is 2. The Balaban J connectivity index is 1.85. The van der Waals surface area contributed by atoms with Crippen LogP contribution in [0.4, 0.5) is 0 Å². The molecule has 3 N–H and O–H groups in total. The Bertz CT molecular complexity index is 1370. The fraction of sp³-hybridized carbons (Fsp3) is 0.0400. The molecule has 0 unspecified atom stereocenters. The van der Waals surface area contributed by atoms with Gasteiger partial charge in [0.2, 0.25) is 0 Å². The molecule has 152 valence electrons. The number of fused-ring (bicyclic) bond motifs is 1. The molecule has 1 aromatic heterocycles. The molecule has 0 amide bonds. The Morgan fingerprint density at radius 3 is 2.35 bits per heavy atom. The molecule has 4 aromatic rings. The lowest BCUT2D eigenvalue weighted by Crippen LogP contribution is -2.01. The lowest BCUT2D eigenvalue weighted by molar-refractivity contribution is 0.0683. The molecule has 0 aliphatic carbocycles. The first-order valence-electron chi connectivity index (χ1n) is 9.35. The minimum absolute atomic E-state index is 0.0678. The van der Waals surface area contributed by atoms with Gasteiger partial charge in [-0.05, 0) is 60.2 Å². The van der Waals surface area contributed by atoms with Gasteiger partial charge in [-0.15, -0.1) is 0 Å². The van der Waals surface area contributed by atoms with Gasteiger partial charge in [0.05, 0.1) is 12.7 Å². The normalized spacial score (nSPS) is 10.4. The number of benzene rings is 3. The van der Waals surface area contributed by atoms with Gasteiger partial charge in [0, 0.05) is 27.6 Å². The fourth-order valence-electron chi connectivity index (χ4n) is 3.36. The first kappa shape index (κ1) is 19.8. The zero-order valence-corrected chi connectivity index (χ0v) is 16.5. The maximum absolute atomic E-state index is 11.9. The lowest BCUT2D eigenvalue weighted by atomic mass is 9.93. The van der Waals surface area contributed by atoms with Crippen molar-refractivity contribution in [2.24, 2.45) is 0 Å². The highest BCUT2D eigenvalue weighted by Gasteiger charge is 2.16. The molecular weight excluding hydrogens is 394 g/mol. The number of nitrogens with one attached hydrogen (secondary N) is 1. The van der Waals surface area contributed by atoms with Crippen molar-refractivity contribution in [1.82, 2.24) is 4.98 Å². The van der Waals surface area contributed by atoms with Crippen molar-refractivity contribution in [2.45, 2.75) is 0 Å². The third-order valence-corrected chi connectivity index (χ3v) is 4.87. The Kier molecular flexibility index (Phi) is 5.17. The van der Waals surface area contributed by atoms with E-state index in [0.29, 0.717) is 27.6 Å². The van der Waals surface area contributed by atoms with Crippen molar-refractivity contribution in [3.05, 3.63) is 89.1 Å². The number of hydrogen-bond donors (Lipinski definition) is 3. The minimum Gasteiger partial charge on any atom is -0.497 e.